The van der Waals surface area contributed by atoms with Gasteiger partial charge in [0.05, 0.1) is 11.6 Å². The van der Waals surface area contributed by atoms with E-state index in [1.54, 1.807) is 18.3 Å². The summed E-state index contributed by atoms with van der Waals surface area (Å²) >= 11 is 0. The van der Waals surface area contributed by atoms with Crippen LogP contribution in [-0.2, 0) is 6.42 Å². The first kappa shape index (κ1) is 11.0. The Labute approximate surface area is 100 Å². The molecule has 0 aliphatic rings. The van der Waals surface area contributed by atoms with Gasteiger partial charge < -0.3 is 0 Å². The molecule has 1 aromatic carbocycles. The van der Waals surface area contributed by atoms with Gasteiger partial charge in [0.15, 0.2) is 5.82 Å². The third kappa shape index (κ3) is 2.37. The molecule has 0 spiro atoms. The van der Waals surface area contributed by atoms with Gasteiger partial charge in [0.1, 0.15) is 0 Å². The van der Waals surface area contributed by atoms with Crippen molar-refractivity contribution in [2.45, 2.75) is 6.42 Å². The van der Waals surface area contributed by atoms with Crippen LogP contribution in [0.5, 0.6) is 0 Å². The molecule has 0 bridgehead atoms. The molecule has 0 N–H and O–H groups in total. The van der Waals surface area contributed by atoms with E-state index >= 15 is 0 Å². The van der Waals surface area contributed by atoms with E-state index in [-0.39, 0.29) is 0 Å². The topological polar surface area (TPSA) is 49.6 Å². The van der Waals surface area contributed by atoms with E-state index in [9.17, 15) is 0 Å². The Morgan fingerprint density at radius 3 is 2.88 bits per heavy atom. The zero-order chi connectivity index (χ0) is 12.1. The molecule has 2 aromatic rings. The summed E-state index contributed by atoms with van der Waals surface area (Å²) in [6.45, 7) is 3.68. The predicted octanol–water partition coefficient (Wildman–Crippen LogP) is 2.74. The Hall–Kier alpha value is -2.47. The number of rotatable bonds is 3. The van der Waals surface area contributed by atoms with Gasteiger partial charge in [0, 0.05) is 23.9 Å². The Morgan fingerprint density at radius 1 is 1.29 bits per heavy atom. The minimum absolute atomic E-state index is 0.585. The van der Waals surface area contributed by atoms with Crippen LogP contribution < -0.4 is 0 Å². The zero-order valence-electron chi connectivity index (χ0n) is 9.30. The number of hydrogen-bond acceptors (Lipinski definition) is 3. The van der Waals surface area contributed by atoms with Gasteiger partial charge in [-0.3, -0.25) is 0 Å². The molecule has 3 nitrogen and oxygen atoms in total. The van der Waals surface area contributed by atoms with Crippen molar-refractivity contribution in [1.82, 2.24) is 9.97 Å². The summed E-state index contributed by atoms with van der Waals surface area (Å²) in [6.07, 6.45) is 4.20. The fourth-order valence-electron chi connectivity index (χ4n) is 1.56. The summed E-state index contributed by atoms with van der Waals surface area (Å²) in [6, 6.07) is 11.3. The minimum atomic E-state index is 0.585. The molecule has 0 fully saturated rings. The Morgan fingerprint density at radius 2 is 2.12 bits per heavy atom. The number of allylic oxidation sites excluding steroid dienone is 1. The summed E-state index contributed by atoms with van der Waals surface area (Å²) in [5.74, 6) is 0.585. The monoisotopic (exact) mass is 221 g/mol. The van der Waals surface area contributed by atoms with Gasteiger partial charge in [-0.1, -0.05) is 18.2 Å². The van der Waals surface area contributed by atoms with Crippen molar-refractivity contribution in [3.05, 3.63) is 60.4 Å². The molecule has 2 rings (SSSR count). The Balaban J connectivity index is 2.49. The number of benzene rings is 1. The molecule has 0 radical (unpaired) electrons. The van der Waals surface area contributed by atoms with E-state index in [4.69, 9.17) is 5.26 Å². The first-order valence-electron chi connectivity index (χ1n) is 5.27. The maximum Gasteiger partial charge on any atom is 0.160 e. The van der Waals surface area contributed by atoms with E-state index in [1.165, 1.54) is 0 Å². The lowest BCUT2D eigenvalue weighted by Gasteiger charge is -2.03. The Kier molecular flexibility index (Phi) is 3.27. The van der Waals surface area contributed by atoms with Gasteiger partial charge >= 0.3 is 0 Å². The number of aromatic nitrogens is 2. The Bertz CT molecular complexity index is 582. The molecule has 82 valence electrons. The zero-order valence-corrected chi connectivity index (χ0v) is 9.30. The maximum atomic E-state index is 9.03. The van der Waals surface area contributed by atoms with Gasteiger partial charge in [-0.25, -0.2) is 9.97 Å². The first-order valence-corrected chi connectivity index (χ1v) is 5.27. The largest absolute Gasteiger partial charge is 0.237 e. The number of hydrogen-bond donors (Lipinski definition) is 0. The van der Waals surface area contributed by atoms with Crippen LogP contribution in [0, 0.1) is 11.3 Å². The van der Waals surface area contributed by atoms with Crippen LogP contribution in [0.3, 0.4) is 0 Å². The summed E-state index contributed by atoms with van der Waals surface area (Å²) in [5.41, 5.74) is 2.25. The molecule has 0 amide bonds. The smallest absolute Gasteiger partial charge is 0.160 e. The quantitative estimate of drug-likeness (QED) is 0.749. The van der Waals surface area contributed by atoms with Gasteiger partial charge in [-0.2, -0.15) is 5.26 Å². The average molecular weight is 221 g/mol. The highest BCUT2D eigenvalue weighted by molar-refractivity contribution is 5.64. The average Bonchev–Trinajstić information content (AvgIpc) is 2.39. The maximum absolute atomic E-state index is 9.03. The number of nitrogens with zero attached hydrogens (tertiary/aromatic N) is 3. The molecule has 3 heteroatoms. The molecular formula is C14H11N3. The van der Waals surface area contributed by atoms with E-state index in [1.807, 2.05) is 24.3 Å². The van der Waals surface area contributed by atoms with Crippen molar-refractivity contribution >= 4 is 0 Å². The van der Waals surface area contributed by atoms with Crippen LogP contribution in [0.15, 0.2) is 49.2 Å². The predicted molar refractivity (Wildman–Crippen MR) is 66.1 cm³/mol. The lowest BCUT2D eigenvalue weighted by atomic mass is 10.1. The minimum Gasteiger partial charge on any atom is -0.237 e. The van der Waals surface area contributed by atoms with Crippen LogP contribution in [0.2, 0.25) is 0 Å². The second-order valence-corrected chi connectivity index (χ2v) is 3.52. The highest BCUT2D eigenvalue weighted by Crippen LogP contribution is 2.19. The molecule has 0 unspecified atom stereocenters. The summed E-state index contributed by atoms with van der Waals surface area (Å²) in [7, 11) is 0. The second-order valence-electron chi connectivity index (χ2n) is 3.52. The van der Waals surface area contributed by atoms with Crippen molar-refractivity contribution in [3.63, 3.8) is 0 Å². The third-order valence-electron chi connectivity index (χ3n) is 2.36. The molecule has 0 saturated heterocycles. The lowest BCUT2D eigenvalue weighted by Crippen LogP contribution is -1.95. The van der Waals surface area contributed by atoms with Gasteiger partial charge in [0.25, 0.3) is 0 Å². The van der Waals surface area contributed by atoms with E-state index in [0.29, 0.717) is 17.8 Å². The van der Waals surface area contributed by atoms with Gasteiger partial charge in [-0.15, -0.1) is 6.58 Å². The molecule has 0 atom stereocenters. The standard InChI is InChI=1S/C14H11N3/c1-2-5-12-8-9-16-14(17-12)13-7-4-3-6-11(13)10-15/h2-4,6-9H,1,5H2. The molecule has 1 aromatic heterocycles. The fourth-order valence-corrected chi connectivity index (χ4v) is 1.56. The first-order chi connectivity index (χ1) is 8.35. The molecule has 1 heterocycles. The molecule has 0 aliphatic heterocycles. The van der Waals surface area contributed by atoms with Crippen LogP contribution in [0.25, 0.3) is 11.4 Å². The van der Waals surface area contributed by atoms with Crippen LogP contribution in [0.4, 0.5) is 0 Å². The van der Waals surface area contributed by atoms with Gasteiger partial charge in [0.2, 0.25) is 0 Å². The normalized spacial score (nSPS) is 9.59. The van der Waals surface area contributed by atoms with Crippen molar-refractivity contribution in [3.8, 4) is 17.5 Å². The van der Waals surface area contributed by atoms with Crippen molar-refractivity contribution < 1.29 is 0 Å². The van der Waals surface area contributed by atoms with Gasteiger partial charge in [-0.05, 0) is 18.2 Å². The molecule has 0 aliphatic carbocycles. The van der Waals surface area contributed by atoms with E-state index in [2.05, 4.69) is 22.6 Å². The highest BCUT2D eigenvalue weighted by atomic mass is 14.9. The molecule has 17 heavy (non-hydrogen) atoms. The fraction of sp³-hybridized carbons (Fsp3) is 0.0714. The lowest BCUT2D eigenvalue weighted by molar-refractivity contribution is 1.06. The third-order valence-corrected chi connectivity index (χ3v) is 2.36. The summed E-state index contributed by atoms with van der Waals surface area (Å²) in [4.78, 5) is 8.61. The molecular weight excluding hydrogens is 210 g/mol. The van der Waals surface area contributed by atoms with Crippen molar-refractivity contribution in [1.29, 1.82) is 5.26 Å². The van der Waals surface area contributed by atoms with E-state index < -0.39 is 0 Å². The van der Waals surface area contributed by atoms with Crippen molar-refractivity contribution in [2.24, 2.45) is 0 Å². The van der Waals surface area contributed by atoms with E-state index in [0.717, 1.165) is 11.3 Å². The highest BCUT2D eigenvalue weighted by Gasteiger charge is 2.06. The number of nitriles is 1. The summed E-state index contributed by atoms with van der Waals surface area (Å²) < 4.78 is 0. The van der Waals surface area contributed by atoms with Crippen molar-refractivity contribution in [2.75, 3.05) is 0 Å². The van der Waals surface area contributed by atoms with Crippen LogP contribution in [0.1, 0.15) is 11.3 Å². The van der Waals surface area contributed by atoms with Crippen LogP contribution >= 0.6 is 0 Å². The molecule has 0 saturated carbocycles. The van der Waals surface area contributed by atoms with Crippen LogP contribution in [-0.4, -0.2) is 9.97 Å². The SMILES string of the molecule is C=CCc1ccnc(-c2ccccc2C#N)n1. The summed E-state index contributed by atoms with van der Waals surface area (Å²) in [5, 5.41) is 9.03. The second kappa shape index (κ2) is 5.04.